The molecule has 0 N–H and O–H groups in total. The quantitative estimate of drug-likeness (QED) is 0.578. The maximum Gasteiger partial charge on any atom is 0.417 e. The molecule has 0 aromatic heterocycles. The summed E-state index contributed by atoms with van der Waals surface area (Å²) in [6.45, 7) is 0. The van der Waals surface area contributed by atoms with Crippen LogP contribution in [-0.2, 0) is 9.97 Å². The Balaban J connectivity index is 3.37. The number of benzene rings is 1. The van der Waals surface area contributed by atoms with Crippen LogP contribution in [0.5, 0.6) is 0 Å². The van der Waals surface area contributed by atoms with Crippen molar-refractivity contribution in [2.45, 2.75) is 9.97 Å². The SMILES string of the molecule is FC(F)(F)c1cccc(C(Cl)(Cl)Cl)c1Cl. The van der Waals surface area contributed by atoms with E-state index in [0.29, 0.717) is 0 Å². The Morgan fingerprint density at radius 3 is 1.80 bits per heavy atom. The Morgan fingerprint density at radius 2 is 1.40 bits per heavy atom. The topological polar surface area (TPSA) is 0 Å². The van der Waals surface area contributed by atoms with Gasteiger partial charge in [-0.25, -0.2) is 0 Å². The number of hydrogen-bond donors (Lipinski definition) is 0. The molecule has 84 valence electrons. The molecule has 15 heavy (non-hydrogen) atoms. The van der Waals surface area contributed by atoms with E-state index in [9.17, 15) is 13.2 Å². The van der Waals surface area contributed by atoms with Gasteiger partial charge in [-0.15, -0.1) is 0 Å². The monoisotopic (exact) mass is 296 g/mol. The minimum Gasteiger partial charge on any atom is -0.166 e. The van der Waals surface area contributed by atoms with E-state index in [1.165, 1.54) is 6.07 Å². The van der Waals surface area contributed by atoms with E-state index in [4.69, 9.17) is 46.4 Å². The van der Waals surface area contributed by atoms with Crippen LogP contribution in [0.1, 0.15) is 11.1 Å². The Kier molecular flexibility index (Phi) is 3.71. The highest BCUT2D eigenvalue weighted by Gasteiger charge is 2.37. The van der Waals surface area contributed by atoms with E-state index in [1.807, 2.05) is 0 Å². The Bertz CT molecular complexity index is 335. The summed E-state index contributed by atoms with van der Waals surface area (Å²) in [5.41, 5.74) is -1.21. The van der Waals surface area contributed by atoms with Crippen molar-refractivity contribution in [3.05, 3.63) is 34.3 Å². The van der Waals surface area contributed by atoms with Crippen molar-refractivity contribution < 1.29 is 13.2 Å². The van der Waals surface area contributed by atoms with Crippen LogP contribution in [-0.4, -0.2) is 0 Å². The summed E-state index contributed by atoms with van der Waals surface area (Å²) < 4.78 is 35.2. The summed E-state index contributed by atoms with van der Waals surface area (Å²) in [6.07, 6.45) is -4.57. The van der Waals surface area contributed by atoms with Crippen molar-refractivity contribution in [2.75, 3.05) is 0 Å². The average molecular weight is 298 g/mol. The van der Waals surface area contributed by atoms with Crippen molar-refractivity contribution in [1.29, 1.82) is 0 Å². The van der Waals surface area contributed by atoms with Crippen LogP contribution in [0.25, 0.3) is 0 Å². The van der Waals surface area contributed by atoms with E-state index in [2.05, 4.69) is 0 Å². The van der Waals surface area contributed by atoms with Gasteiger partial charge >= 0.3 is 6.18 Å². The van der Waals surface area contributed by atoms with Gasteiger partial charge in [-0.3, -0.25) is 0 Å². The third-order valence-corrected chi connectivity index (χ3v) is 2.63. The molecule has 0 aliphatic rings. The first-order valence-corrected chi connectivity index (χ1v) is 5.08. The first kappa shape index (κ1) is 13.2. The van der Waals surface area contributed by atoms with Crippen molar-refractivity contribution in [3.63, 3.8) is 0 Å². The Hall–Kier alpha value is 0.170. The van der Waals surface area contributed by atoms with Gasteiger partial charge in [-0.05, 0) is 6.07 Å². The van der Waals surface area contributed by atoms with Crippen LogP contribution in [0, 0.1) is 0 Å². The first-order valence-electron chi connectivity index (χ1n) is 3.57. The maximum absolute atomic E-state index is 12.4. The fourth-order valence-electron chi connectivity index (χ4n) is 0.970. The highest BCUT2D eigenvalue weighted by molar-refractivity contribution is 6.67. The van der Waals surface area contributed by atoms with Gasteiger partial charge in [0.2, 0.25) is 3.79 Å². The normalized spacial score (nSPS) is 13.0. The van der Waals surface area contributed by atoms with Crippen LogP contribution in [0.3, 0.4) is 0 Å². The predicted molar refractivity (Wildman–Crippen MR) is 55.7 cm³/mol. The van der Waals surface area contributed by atoms with Crippen LogP contribution < -0.4 is 0 Å². The number of rotatable bonds is 0. The number of halogens is 7. The molecule has 1 rings (SSSR count). The molecule has 0 bridgehead atoms. The summed E-state index contributed by atoms with van der Waals surface area (Å²) in [6, 6.07) is 3.18. The molecular weight excluding hydrogens is 295 g/mol. The molecule has 0 aliphatic heterocycles. The maximum atomic E-state index is 12.4. The van der Waals surface area contributed by atoms with E-state index in [1.54, 1.807) is 0 Å². The fraction of sp³-hybridized carbons (Fsp3) is 0.250. The van der Waals surface area contributed by atoms with Gasteiger partial charge in [0.1, 0.15) is 0 Å². The van der Waals surface area contributed by atoms with Crippen molar-refractivity contribution in [2.24, 2.45) is 0 Å². The zero-order valence-corrected chi connectivity index (χ0v) is 9.90. The lowest BCUT2D eigenvalue weighted by Gasteiger charge is -2.16. The molecule has 1 aromatic rings. The van der Waals surface area contributed by atoms with Gasteiger partial charge in [0.15, 0.2) is 0 Å². The fourth-order valence-corrected chi connectivity index (χ4v) is 1.96. The molecule has 0 spiro atoms. The third kappa shape index (κ3) is 3.06. The van der Waals surface area contributed by atoms with E-state index in [-0.39, 0.29) is 5.56 Å². The second kappa shape index (κ2) is 4.21. The van der Waals surface area contributed by atoms with Crippen LogP contribution in [0.2, 0.25) is 5.02 Å². The van der Waals surface area contributed by atoms with Crippen LogP contribution >= 0.6 is 46.4 Å². The standard InChI is InChI=1S/C8H3Cl4F3/c9-6-4(7(10,11)12)2-1-3-5(6)8(13,14)15/h1-3H. The molecule has 0 fully saturated rings. The van der Waals surface area contributed by atoms with Gasteiger partial charge in [0.05, 0.1) is 10.6 Å². The highest BCUT2D eigenvalue weighted by Crippen LogP contribution is 2.45. The van der Waals surface area contributed by atoms with Crippen molar-refractivity contribution >= 4 is 46.4 Å². The minimum absolute atomic E-state index is 0.191. The van der Waals surface area contributed by atoms with Gasteiger partial charge in [0.25, 0.3) is 0 Å². The summed E-state index contributed by atoms with van der Waals surface area (Å²) in [7, 11) is 0. The van der Waals surface area contributed by atoms with E-state index in [0.717, 1.165) is 12.1 Å². The molecule has 0 aliphatic carbocycles. The molecule has 0 unspecified atom stereocenters. The summed E-state index contributed by atoms with van der Waals surface area (Å²) in [4.78, 5) is 0. The van der Waals surface area contributed by atoms with E-state index >= 15 is 0 Å². The zero-order valence-electron chi connectivity index (χ0n) is 6.88. The van der Waals surface area contributed by atoms with Crippen LogP contribution in [0.4, 0.5) is 13.2 Å². The molecule has 7 heteroatoms. The largest absolute Gasteiger partial charge is 0.417 e. The smallest absolute Gasteiger partial charge is 0.166 e. The molecule has 0 saturated heterocycles. The van der Waals surface area contributed by atoms with Crippen LogP contribution in [0.15, 0.2) is 18.2 Å². The lowest BCUT2D eigenvalue weighted by molar-refractivity contribution is -0.137. The van der Waals surface area contributed by atoms with Gasteiger partial charge in [0, 0.05) is 5.56 Å². The molecule has 0 saturated carbocycles. The molecular formula is C8H3Cl4F3. The molecule has 0 atom stereocenters. The molecule has 0 radical (unpaired) electrons. The van der Waals surface area contributed by atoms with E-state index < -0.39 is 20.6 Å². The second-order valence-electron chi connectivity index (χ2n) is 2.66. The first-order chi connectivity index (χ1) is 6.64. The Labute approximate surface area is 104 Å². The average Bonchev–Trinajstić information content (AvgIpc) is 1.99. The van der Waals surface area contributed by atoms with Gasteiger partial charge < -0.3 is 0 Å². The lowest BCUT2D eigenvalue weighted by Crippen LogP contribution is -2.10. The lowest BCUT2D eigenvalue weighted by atomic mass is 10.1. The second-order valence-corrected chi connectivity index (χ2v) is 5.32. The summed E-state index contributed by atoms with van der Waals surface area (Å²) >= 11 is 21.9. The highest BCUT2D eigenvalue weighted by atomic mass is 35.6. The molecule has 0 heterocycles. The molecule has 0 nitrogen and oxygen atoms in total. The Morgan fingerprint density at radius 1 is 0.933 bits per heavy atom. The van der Waals surface area contributed by atoms with Crippen molar-refractivity contribution in [3.8, 4) is 0 Å². The van der Waals surface area contributed by atoms with Gasteiger partial charge in [-0.1, -0.05) is 58.5 Å². The number of hydrogen-bond acceptors (Lipinski definition) is 0. The van der Waals surface area contributed by atoms with Crippen molar-refractivity contribution in [1.82, 2.24) is 0 Å². The molecule has 1 aromatic carbocycles. The summed E-state index contributed by atoms with van der Waals surface area (Å²) in [5.74, 6) is 0. The minimum atomic E-state index is -4.57. The number of alkyl halides is 6. The zero-order chi connectivity index (χ0) is 11.9. The summed E-state index contributed by atoms with van der Waals surface area (Å²) in [5, 5.41) is -0.593. The third-order valence-electron chi connectivity index (χ3n) is 1.61. The predicted octanol–water partition coefficient (Wildman–Crippen LogP) is 5.19. The molecule has 0 amide bonds. The van der Waals surface area contributed by atoms with Gasteiger partial charge in [-0.2, -0.15) is 13.2 Å².